The van der Waals surface area contributed by atoms with E-state index in [1.54, 1.807) is 53.7 Å². The number of carbonyl (C=O) groups excluding carboxylic acids is 5. The SMILES string of the molecule is C[C@H](OC(=O)CCNC(=O)[C@H](CCC(=O)OC(C)(C)C)NC(=O)OC(C)(C)C)C(=O)OC1=CC[C@@]2(O)[C@@H]3Cc4ccc(O)c5c4[C@@]2(CCN3C)[C@H]1O5. The summed E-state index contributed by atoms with van der Waals surface area (Å²) in [6.07, 6.45) is -0.731. The Bertz CT molecular complexity index is 1640. The number of benzene rings is 1. The van der Waals surface area contributed by atoms with Gasteiger partial charge in [0.05, 0.1) is 17.4 Å². The first-order chi connectivity index (χ1) is 24.1. The largest absolute Gasteiger partial charge is 0.504 e. The van der Waals surface area contributed by atoms with Gasteiger partial charge in [-0.05, 0) is 99.0 Å². The van der Waals surface area contributed by atoms with Crippen molar-refractivity contribution in [1.29, 1.82) is 0 Å². The first-order valence-electron chi connectivity index (χ1n) is 17.7. The molecule has 2 aliphatic heterocycles. The third kappa shape index (κ3) is 7.70. The number of piperidine rings is 1. The van der Waals surface area contributed by atoms with Crippen LogP contribution in [0.2, 0.25) is 0 Å². The molecule has 4 N–H and O–H groups in total. The number of aliphatic hydroxyl groups is 1. The predicted octanol–water partition coefficient (Wildman–Crippen LogP) is 2.67. The number of alkyl carbamates (subject to hydrolysis) is 1. The monoisotopic (exact) mass is 729 g/mol. The van der Waals surface area contributed by atoms with E-state index in [0.717, 1.165) is 11.1 Å². The maximum Gasteiger partial charge on any atom is 0.408 e. The normalized spacial score (nSPS) is 25.7. The number of phenolic OH excluding ortho intramolecular Hbond substituents is 1. The molecule has 0 radical (unpaired) electrons. The van der Waals surface area contributed by atoms with Crippen molar-refractivity contribution < 1.29 is 57.9 Å². The van der Waals surface area contributed by atoms with E-state index in [2.05, 4.69) is 15.5 Å². The number of hydrogen-bond acceptors (Lipinski definition) is 13. The summed E-state index contributed by atoms with van der Waals surface area (Å²) in [5.74, 6) is -2.49. The zero-order chi connectivity index (χ0) is 38.4. The number of likely N-dealkylation sites (tertiary alicyclic amines) is 1. The third-order valence-corrected chi connectivity index (χ3v) is 9.90. The van der Waals surface area contributed by atoms with Gasteiger partial charge in [0.15, 0.2) is 23.7 Å². The van der Waals surface area contributed by atoms with Crippen molar-refractivity contribution in [3.63, 3.8) is 0 Å². The van der Waals surface area contributed by atoms with Crippen LogP contribution >= 0.6 is 0 Å². The van der Waals surface area contributed by atoms with Crippen LogP contribution < -0.4 is 15.4 Å². The van der Waals surface area contributed by atoms with Gasteiger partial charge in [-0.2, -0.15) is 0 Å². The summed E-state index contributed by atoms with van der Waals surface area (Å²) in [6.45, 7) is 12.0. The molecule has 1 saturated heterocycles. The molecule has 2 bridgehead atoms. The zero-order valence-corrected chi connectivity index (χ0v) is 31.1. The number of phenols is 1. The lowest BCUT2D eigenvalue weighted by Gasteiger charge is -2.61. The maximum atomic E-state index is 13.3. The van der Waals surface area contributed by atoms with Crippen LogP contribution in [0.5, 0.6) is 11.5 Å². The summed E-state index contributed by atoms with van der Waals surface area (Å²) in [6, 6.07) is 2.05. The van der Waals surface area contributed by atoms with Gasteiger partial charge in [-0.1, -0.05) is 6.07 Å². The lowest BCUT2D eigenvalue weighted by atomic mass is 9.50. The summed E-state index contributed by atoms with van der Waals surface area (Å²) in [7, 11) is 1.97. The summed E-state index contributed by atoms with van der Waals surface area (Å²) in [5.41, 5.74) is -2.02. The highest BCUT2D eigenvalue weighted by atomic mass is 16.6. The van der Waals surface area contributed by atoms with Crippen LogP contribution in [0.1, 0.15) is 91.7 Å². The molecular formula is C37H51N3O12. The Balaban J connectivity index is 1.17. The van der Waals surface area contributed by atoms with E-state index in [4.69, 9.17) is 23.7 Å². The molecular weight excluding hydrogens is 678 g/mol. The van der Waals surface area contributed by atoms with Crippen LogP contribution in [0.3, 0.4) is 0 Å². The minimum absolute atomic E-state index is 0.0581. The summed E-state index contributed by atoms with van der Waals surface area (Å²) in [4.78, 5) is 65.8. The maximum absolute atomic E-state index is 13.3. The van der Waals surface area contributed by atoms with Crippen LogP contribution in [0, 0.1) is 0 Å². The van der Waals surface area contributed by atoms with Gasteiger partial charge >= 0.3 is 24.0 Å². The second-order valence-corrected chi connectivity index (χ2v) is 16.0. The molecule has 5 rings (SSSR count). The molecule has 15 nitrogen and oxygen atoms in total. The Morgan fingerprint density at radius 1 is 1.04 bits per heavy atom. The highest BCUT2D eigenvalue weighted by molar-refractivity contribution is 5.87. The highest BCUT2D eigenvalue weighted by Crippen LogP contribution is 2.65. The van der Waals surface area contributed by atoms with E-state index in [-0.39, 0.29) is 55.5 Å². The summed E-state index contributed by atoms with van der Waals surface area (Å²) >= 11 is 0. The Kier molecular flexibility index (Phi) is 10.6. The van der Waals surface area contributed by atoms with Crippen molar-refractivity contribution in [1.82, 2.24) is 15.5 Å². The lowest BCUT2D eigenvalue weighted by Crippen LogP contribution is -2.74. The van der Waals surface area contributed by atoms with E-state index >= 15 is 0 Å². The van der Waals surface area contributed by atoms with Crippen molar-refractivity contribution in [2.45, 2.75) is 134 Å². The molecule has 0 aromatic heterocycles. The topological polar surface area (TPSA) is 199 Å². The van der Waals surface area contributed by atoms with Crippen LogP contribution in [0.4, 0.5) is 4.79 Å². The van der Waals surface area contributed by atoms with Crippen molar-refractivity contribution in [2.75, 3.05) is 20.1 Å². The number of rotatable bonds is 11. The van der Waals surface area contributed by atoms with Gasteiger partial charge in [0, 0.05) is 31.0 Å². The molecule has 6 atom stereocenters. The van der Waals surface area contributed by atoms with E-state index in [1.807, 2.05) is 13.1 Å². The fourth-order valence-electron chi connectivity index (χ4n) is 7.73. The highest BCUT2D eigenvalue weighted by Gasteiger charge is 2.72. The van der Waals surface area contributed by atoms with Gasteiger partial charge in [-0.15, -0.1) is 0 Å². The van der Waals surface area contributed by atoms with Crippen LogP contribution in [-0.4, -0.2) is 106 Å². The van der Waals surface area contributed by atoms with Gasteiger partial charge in [0.1, 0.15) is 23.0 Å². The van der Waals surface area contributed by atoms with Crippen molar-refractivity contribution in [3.05, 3.63) is 35.1 Å². The van der Waals surface area contributed by atoms with Gasteiger partial charge in [0.2, 0.25) is 5.91 Å². The molecule has 1 aromatic rings. The fourth-order valence-corrected chi connectivity index (χ4v) is 7.73. The molecule has 2 heterocycles. The van der Waals surface area contributed by atoms with Gasteiger partial charge in [0.25, 0.3) is 0 Å². The number of nitrogens with one attached hydrogen (secondary N) is 2. The molecule has 0 unspecified atom stereocenters. The minimum atomic E-state index is -1.33. The predicted molar refractivity (Wildman–Crippen MR) is 184 cm³/mol. The molecule has 4 aliphatic rings. The molecule has 1 aromatic carbocycles. The number of likely N-dealkylation sites (N-methyl/N-ethyl adjacent to an activating group) is 1. The Hall–Kier alpha value is -4.37. The quantitative estimate of drug-likeness (QED) is 0.192. The molecule has 15 heteroatoms. The minimum Gasteiger partial charge on any atom is -0.504 e. The second-order valence-electron chi connectivity index (χ2n) is 16.0. The Morgan fingerprint density at radius 2 is 1.73 bits per heavy atom. The number of nitrogens with zero attached hydrogens (tertiary/aromatic N) is 1. The molecule has 2 aliphatic carbocycles. The fraction of sp³-hybridized carbons (Fsp3) is 0.649. The Labute approximate surface area is 303 Å². The average Bonchev–Trinajstić information content (AvgIpc) is 3.38. The molecule has 2 amide bonds. The first kappa shape index (κ1) is 38.9. The standard InChI is InChI=1S/C37H51N3O12/c1-20(48-26(42)14-17-38-31(44)22(39-33(46)52-35(5,6)7)10-12-27(43)51-34(2,3)4)32(45)49-24-13-15-37(47)25-19-21-9-11-23(41)29-28(21)36(37,30(24)50-29)16-18-40(25)8/h9,11,13,20,22,25,30,41,47H,10,12,14-19H2,1-8H3,(H,38,44)(H,39,46)/t20-,22-,25-,30-,36-,37+/m0/s1. The number of hydrogen-bond donors (Lipinski definition) is 4. The second kappa shape index (κ2) is 14.2. The van der Waals surface area contributed by atoms with Gasteiger partial charge in [-0.3, -0.25) is 14.4 Å². The Morgan fingerprint density at radius 3 is 2.40 bits per heavy atom. The number of ether oxygens (including phenoxy) is 5. The van der Waals surface area contributed by atoms with E-state index in [1.165, 1.54) is 6.92 Å². The van der Waals surface area contributed by atoms with E-state index < -0.39 is 70.4 Å². The van der Waals surface area contributed by atoms with Gasteiger partial charge in [-0.25, -0.2) is 9.59 Å². The van der Waals surface area contributed by atoms with E-state index in [0.29, 0.717) is 19.4 Å². The number of aromatic hydroxyl groups is 1. The number of amides is 2. The van der Waals surface area contributed by atoms with Crippen LogP contribution in [0.15, 0.2) is 24.0 Å². The molecule has 286 valence electrons. The number of esters is 3. The molecule has 1 fully saturated rings. The lowest BCUT2D eigenvalue weighted by molar-refractivity contribution is -0.175. The van der Waals surface area contributed by atoms with Crippen molar-refractivity contribution in [2.24, 2.45) is 0 Å². The molecule has 0 saturated carbocycles. The summed E-state index contributed by atoms with van der Waals surface area (Å²) < 4.78 is 28.0. The molecule has 1 spiro atoms. The van der Waals surface area contributed by atoms with Crippen LogP contribution in [0.25, 0.3) is 0 Å². The smallest absolute Gasteiger partial charge is 0.408 e. The van der Waals surface area contributed by atoms with Gasteiger partial charge < -0.3 is 49.4 Å². The summed E-state index contributed by atoms with van der Waals surface area (Å²) in [5, 5.41) is 28.0. The van der Waals surface area contributed by atoms with E-state index in [9.17, 15) is 34.2 Å². The number of carbonyl (C=O) groups is 5. The third-order valence-electron chi connectivity index (χ3n) is 9.90. The average molecular weight is 730 g/mol. The molecule has 52 heavy (non-hydrogen) atoms. The van der Waals surface area contributed by atoms with Crippen molar-refractivity contribution in [3.8, 4) is 11.5 Å². The first-order valence-corrected chi connectivity index (χ1v) is 17.7. The van der Waals surface area contributed by atoms with Crippen molar-refractivity contribution >= 4 is 29.9 Å². The van der Waals surface area contributed by atoms with Crippen LogP contribution in [-0.2, 0) is 50.0 Å². The zero-order valence-electron chi connectivity index (χ0n) is 31.1.